The van der Waals surface area contributed by atoms with Crippen molar-refractivity contribution in [2.24, 2.45) is 0 Å². The van der Waals surface area contributed by atoms with Crippen LogP contribution < -0.4 is 4.72 Å². The van der Waals surface area contributed by atoms with Crippen LogP contribution in [0.4, 0.5) is 13.6 Å². The topological polar surface area (TPSA) is 75.7 Å². The van der Waals surface area contributed by atoms with Gasteiger partial charge in [0.05, 0.1) is 18.9 Å². The van der Waals surface area contributed by atoms with Crippen molar-refractivity contribution in [3.05, 3.63) is 59.7 Å². The van der Waals surface area contributed by atoms with E-state index in [0.29, 0.717) is 29.7 Å². The second-order valence-electron chi connectivity index (χ2n) is 7.31. The maximum Gasteiger partial charge on any atom is 0.410 e. The van der Waals surface area contributed by atoms with Gasteiger partial charge in [0.1, 0.15) is 11.6 Å². The standard InChI is InChI=1S/C21H24F2N2O4S/c1-3-29-21(26)25-8-7-19(24-30(2,27)28)20(25)11-14-9-16(13-18(23)10-14)15-5-4-6-17(22)12-15/h4-6,9-10,12-13,19-20,24H,3,7-8,11H2,1-2H3/t19-,20-/m1/s1. The second kappa shape index (κ2) is 9.09. The molecule has 1 amide bonds. The number of ether oxygens (including phenoxy) is 1. The molecule has 0 unspecified atom stereocenters. The second-order valence-corrected chi connectivity index (χ2v) is 9.09. The molecular formula is C21H24F2N2O4S. The molecule has 1 N–H and O–H groups in total. The van der Waals surface area contributed by atoms with E-state index in [1.54, 1.807) is 25.1 Å². The Kier molecular flexibility index (Phi) is 6.72. The van der Waals surface area contributed by atoms with Crippen molar-refractivity contribution >= 4 is 16.1 Å². The fraction of sp³-hybridized carbons (Fsp3) is 0.381. The van der Waals surface area contributed by atoms with E-state index in [2.05, 4.69) is 4.72 Å². The van der Waals surface area contributed by atoms with Gasteiger partial charge < -0.3 is 9.64 Å². The van der Waals surface area contributed by atoms with Crippen LogP contribution in [0.15, 0.2) is 42.5 Å². The van der Waals surface area contributed by atoms with Crippen LogP contribution in [0.1, 0.15) is 18.9 Å². The number of carbonyl (C=O) groups is 1. The molecule has 1 heterocycles. The van der Waals surface area contributed by atoms with E-state index in [4.69, 9.17) is 4.74 Å². The lowest BCUT2D eigenvalue weighted by Gasteiger charge is -2.28. The minimum absolute atomic E-state index is 0.190. The largest absolute Gasteiger partial charge is 0.450 e. The highest BCUT2D eigenvalue weighted by Gasteiger charge is 2.39. The Balaban J connectivity index is 1.92. The molecule has 0 aliphatic carbocycles. The molecule has 0 saturated carbocycles. The van der Waals surface area contributed by atoms with Crippen LogP contribution in [0.5, 0.6) is 0 Å². The van der Waals surface area contributed by atoms with Crippen molar-refractivity contribution in [2.75, 3.05) is 19.4 Å². The smallest absolute Gasteiger partial charge is 0.410 e. The average molecular weight is 438 g/mol. The zero-order valence-corrected chi connectivity index (χ0v) is 17.6. The van der Waals surface area contributed by atoms with Crippen molar-refractivity contribution in [3.8, 4) is 11.1 Å². The van der Waals surface area contributed by atoms with E-state index in [9.17, 15) is 22.0 Å². The summed E-state index contributed by atoms with van der Waals surface area (Å²) in [6, 6.07) is 9.14. The molecular weight excluding hydrogens is 414 g/mol. The van der Waals surface area contributed by atoms with Gasteiger partial charge in [-0.25, -0.2) is 26.7 Å². The highest BCUT2D eigenvalue weighted by Crippen LogP contribution is 2.27. The van der Waals surface area contributed by atoms with Gasteiger partial charge in [0.25, 0.3) is 0 Å². The lowest BCUT2D eigenvalue weighted by Crippen LogP contribution is -2.47. The third-order valence-corrected chi connectivity index (χ3v) is 5.70. The molecule has 1 aliphatic heterocycles. The Morgan fingerprint density at radius 3 is 2.57 bits per heavy atom. The summed E-state index contributed by atoms with van der Waals surface area (Å²) < 4.78 is 59.1. The number of benzene rings is 2. The van der Waals surface area contributed by atoms with Crippen molar-refractivity contribution in [1.29, 1.82) is 0 Å². The summed E-state index contributed by atoms with van der Waals surface area (Å²) in [5, 5.41) is 0. The monoisotopic (exact) mass is 438 g/mol. The van der Waals surface area contributed by atoms with Gasteiger partial charge in [0, 0.05) is 12.6 Å². The molecule has 30 heavy (non-hydrogen) atoms. The quantitative estimate of drug-likeness (QED) is 0.751. The highest BCUT2D eigenvalue weighted by molar-refractivity contribution is 7.88. The summed E-state index contributed by atoms with van der Waals surface area (Å²) in [7, 11) is -3.50. The Hall–Kier alpha value is -2.52. The van der Waals surface area contributed by atoms with Gasteiger partial charge in [-0.05, 0) is 60.7 Å². The number of halogens is 2. The summed E-state index contributed by atoms with van der Waals surface area (Å²) in [5.74, 6) is -0.930. The zero-order chi connectivity index (χ0) is 21.9. The summed E-state index contributed by atoms with van der Waals surface area (Å²) in [4.78, 5) is 13.8. The molecule has 1 saturated heterocycles. The lowest BCUT2D eigenvalue weighted by molar-refractivity contribution is 0.101. The van der Waals surface area contributed by atoms with Crippen molar-refractivity contribution in [1.82, 2.24) is 9.62 Å². The van der Waals surface area contributed by atoms with Crippen LogP contribution in [0.2, 0.25) is 0 Å². The number of rotatable bonds is 6. The number of likely N-dealkylation sites (tertiary alicyclic amines) is 1. The molecule has 6 nitrogen and oxygen atoms in total. The van der Waals surface area contributed by atoms with Crippen LogP contribution >= 0.6 is 0 Å². The minimum Gasteiger partial charge on any atom is -0.450 e. The molecule has 2 atom stereocenters. The third kappa shape index (κ3) is 5.54. The molecule has 0 aromatic heterocycles. The first-order chi connectivity index (χ1) is 14.2. The molecule has 9 heteroatoms. The minimum atomic E-state index is -3.50. The van der Waals surface area contributed by atoms with Crippen molar-refractivity contribution < 1.29 is 26.7 Å². The maximum atomic E-state index is 14.3. The van der Waals surface area contributed by atoms with E-state index < -0.39 is 39.8 Å². The van der Waals surface area contributed by atoms with Gasteiger partial charge in [-0.15, -0.1) is 0 Å². The van der Waals surface area contributed by atoms with Crippen LogP contribution in [0.3, 0.4) is 0 Å². The van der Waals surface area contributed by atoms with Crippen LogP contribution in [0, 0.1) is 11.6 Å². The molecule has 0 radical (unpaired) electrons. The summed E-state index contributed by atoms with van der Waals surface area (Å²) >= 11 is 0. The van der Waals surface area contributed by atoms with Crippen molar-refractivity contribution in [3.63, 3.8) is 0 Å². The molecule has 1 fully saturated rings. The van der Waals surface area contributed by atoms with Crippen LogP contribution in [-0.2, 0) is 21.2 Å². The Labute approximate surface area is 174 Å². The summed E-state index contributed by atoms with van der Waals surface area (Å²) in [6.45, 7) is 2.20. The Morgan fingerprint density at radius 2 is 1.90 bits per heavy atom. The van der Waals surface area contributed by atoms with Gasteiger partial charge in [-0.3, -0.25) is 0 Å². The molecule has 2 aromatic carbocycles. The number of hydrogen-bond acceptors (Lipinski definition) is 4. The SMILES string of the molecule is CCOC(=O)N1CC[C@@H](NS(C)(=O)=O)[C@H]1Cc1cc(F)cc(-c2cccc(F)c2)c1. The van der Waals surface area contributed by atoms with E-state index in [1.165, 1.54) is 29.2 Å². The zero-order valence-electron chi connectivity index (χ0n) is 16.8. The van der Waals surface area contributed by atoms with E-state index in [-0.39, 0.29) is 13.0 Å². The normalized spacial score (nSPS) is 19.1. The predicted molar refractivity (Wildman–Crippen MR) is 109 cm³/mol. The van der Waals surface area contributed by atoms with Crippen molar-refractivity contribution in [2.45, 2.75) is 31.8 Å². The average Bonchev–Trinajstić information content (AvgIpc) is 3.02. The first-order valence-electron chi connectivity index (χ1n) is 9.62. The number of amides is 1. The van der Waals surface area contributed by atoms with Crippen LogP contribution in [-0.4, -0.2) is 50.9 Å². The number of nitrogens with one attached hydrogen (secondary N) is 1. The molecule has 0 spiro atoms. The Bertz CT molecular complexity index is 1030. The third-order valence-electron chi connectivity index (χ3n) is 4.97. The molecule has 3 rings (SSSR count). The molecule has 162 valence electrons. The lowest BCUT2D eigenvalue weighted by atomic mass is 9.96. The number of sulfonamides is 1. The fourth-order valence-electron chi connectivity index (χ4n) is 3.80. The number of hydrogen-bond donors (Lipinski definition) is 1. The van der Waals surface area contributed by atoms with Gasteiger partial charge in [-0.2, -0.15) is 0 Å². The number of nitrogens with zero attached hydrogens (tertiary/aromatic N) is 1. The maximum absolute atomic E-state index is 14.3. The summed E-state index contributed by atoms with van der Waals surface area (Å²) in [5.41, 5.74) is 1.59. The van der Waals surface area contributed by atoms with E-state index in [1.807, 2.05) is 0 Å². The fourth-order valence-corrected chi connectivity index (χ4v) is 4.62. The van der Waals surface area contributed by atoms with Gasteiger partial charge in [-0.1, -0.05) is 18.2 Å². The molecule has 1 aliphatic rings. The number of carbonyl (C=O) groups excluding carboxylic acids is 1. The Morgan fingerprint density at radius 1 is 1.17 bits per heavy atom. The molecule has 0 bridgehead atoms. The first kappa shape index (κ1) is 22.2. The van der Waals surface area contributed by atoms with Crippen LogP contribution in [0.25, 0.3) is 11.1 Å². The van der Waals surface area contributed by atoms with Gasteiger partial charge in [0.15, 0.2) is 0 Å². The van der Waals surface area contributed by atoms with E-state index >= 15 is 0 Å². The highest BCUT2D eigenvalue weighted by atomic mass is 32.2. The predicted octanol–water partition coefficient (Wildman–Crippen LogP) is 3.32. The van der Waals surface area contributed by atoms with Gasteiger partial charge in [0.2, 0.25) is 10.0 Å². The summed E-state index contributed by atoms with van der Waals surface area (Å²) in [6.07, 6.45) is 1.15. The van der Waals surface area contributed by atoms with E-state index in [0.717, 1.165) is 6.26 Å². The molecule has 2 aromatic rings. The van der Waals surface area contributed by atoms with Gasteiger partial charge >= 0.3 is 6.09 Å². The first-order valence-corrected chi connectivity index (χ1v) is 11.5.